The molecule has 80 valence electrons. The second-order valence-corrected chi connectivity index (χ2v) is 6.28. The molecule has 13 heavy (non-hydrogen) atoms. The van der Waals surface area contributed by atoms with Crippen LogP contribution in [0, 0.1) is 5.92 Å². The largest absolute Gasteiger partial charge is 0.175 e. The molecule has 0 aromatic carbocycles. The molecule has 0 bridgehead atoms. The van der Waals surface area contributed by atoms with Crippen molar-refractivity contribution in [2.45, 2.75) is 57.5 Å². The summed E-state index contributed by atoms with van der Waals surface area (Å²) in [5.74, 6) is 2.14. The van der Waals surface area contributed by atoms with Crippen molar-refractivity contribution in [3.63, 3.8) is 0 Å². The lowest BCUT2D eigenvalue weighted by Crippen LogP contribution is -2.14. The molecule has 0 aromatic heterocycles. The van der Waals surface area contributed by atoms with Crippen LogP contribution < -0.4 is 0 Å². The van der Waals surface area contributed by atoms with Gasteiger partial charge in [0.25, 0.3) is 0 Å². The van der Waals surface area contributed by atoms with E-state index in [-0.39, 0.29) is 0 Å². The minimum Gasteiger partial charge on any atom is -0.175 e. The monoisotopic (exact) mass is 220 g/mol. The van der Waals surface area contributed by atoms with Gasteiger partial charge in [-0.05, 0) is 24.5 Å². The van der Waals surface area contributed by atoms with E-state index in [1.54, 1.807) is 0 Å². The van der Waals surface area contributed by atoms with E-state index in [2.05, 4.69) is 52.1 Å². The summed E-state index contributed by atoms with van der Waals surface area (Å²) in [5, 5.41) is 1.30. The molecule has 0 aliphatic carbocycles. The van der Waals surface area contributed by atoms with E-state index in [0.717, 1.165) is 11.2 Å². The molecule has 0 saturated heterocycles. The Hall–Kier alpha value is 0.700. The van der Waals surface area contributed by atoms with E-state index >= 15 is 0 Å². The van der Waals surface area contributed by atoms with Crippen molar-refractivity contribution < 1.29 is 0 Å². The normalized spacial score (nSPS) is 16.2. The van der Waals surface area contributed by atoms with Crippen LogP contribution in [0.5, 0.6) is 0 Å². The number of hydrogen-bond donors (Lipinski definition) is 1. The molecule has 0 N–H and O–H groups in total. The Morgan fingerprint density at radius 3 is 2.15 bits per heavy atom. The van der Waals surface area contributed by atoms with E-state index in [1.165, 1.54) is 25.0 Å². The van der Waals surface area contributed by atoms with Gasteiger partial charge in [0.05, 0.1) is 0 Å². The lowest BCUT2D eigenvalue weighted by molar-refractivity contribution is 0.629. The van der Waals surface area contributed by atoms with Crippen LogP contribution in [-0.2, 0) is 0 Å². The van der Waals surface area contributed by atoms with Gasteiger partial charge in [-0.2, -0.15) is 24.4 Å². The summed E-state index contributed by atoms with van der Waals surface area (Å²) in [5.41, 5.74) is 0. The first-order valence-electron chi connectivity index (χ1n) is 5.37. The molecule has 0 amide bonds. The predicted octanol–water partition coefficient (Wildman–Crippen LogP) is 4.25. The average molecular weight is 220 g/mol. The van der Waals surface area contributed by atoms with Gasteiger partial charge in [-0.15, -0.1) is 0 Å². The van der Waals surface area contributed by atoms with Gasteiger partial charge >= 0.3 is 0 Å². The summed E-state index contributed by atoms with van der Waals surface area (Å²) >= 11 is 6.64. The number of thiol groups is 1. The summed E-state index contributed by atoms with van der Waals surface area (Å²) in [6.07, 6.45) is 3.93. The van der Waals surface area contributed by atoms with E-state index in [9.17, 15) is 0 Å². The Balaban J connectivity index is 3.57. The molecule has 0 saturated carbocycles. The molecule has 2 unspecified atom stereocenters. The Bertz CT molecular complexity index is 111. The first kappa shape index (κ1) is 13.7. The second-order valence-electron chi connectivity index (χ2n) is 4.12. The standard InChI is InChI=1S/C11H24S2/c1-5-6-11(10(4)12)13-8-7-9(2)3/h9-12H,5-8H2,1-4H3. The molecular weight excluding hydrogens is 196 g/mol. The fourth-order valence-electron chi connectivity index (χ4n) is 1.20. The van der Waals surface area contributed by atoms with Crippen LogP contribution in [0.25, 0.3) is 0 Å². The fourth-order valence-corrected chi connectivity index (χ4v) is 3.20. The maximum absolute atomic E-state index is 4.53. The van der Waals surface area contributed by atoms with Crippen LogP contribution in [0.2, 0.25) is 0 Å². The summed E-state index contributed by atoms with van der Waals surface area (Å²) in [6, 6.07) is 0. The zero-order valence-corrected chi connectivity index (χ0v) is 11.1. The van der Waals surface area contributed by atoms with E-state index in [4.69, 9.17) is 0 Å². The van der Waals surface area contributed by atoms with Gasteiger partial charge in [-0.1, -0.05) is 34.1 Å². The third-order valence-corrected chi connectivity index (χ3v) is 4.24. The highest BCUT2D eigenvalue weighted by Gasteiger charge is 2.13. The summed E-state index contributed by atoms with van der Waals surface area (Å²) in [7, 11) is 0. The van der Waals surface area contributed by atoms with Gasteiger partial charge in [-0.25, -0.2) is 0 Å². The topological polar surface area (TPSA) is 0 Å². The molecule has 0 heterocycles. The van der Waals surface area contributed by atoms with Crippen molar-refractivity contribution in [3.8, 4) is 0 Å². The van der Waals surface area contributed by atoms with Crippen LogP contribution in [-0.4, -0.2) is 16.3 Å². The molecule has 0 nitrogen and oxygen atoms in total. The van der Waals surface area contributed by atoms with Crippen LogP contribution in [0.15, 0.2) is 0 Å². The van der Waals surface area contributed by atoms with Crippen LogP contribution in [0.3, 0.4) is 0 Å². The van der Waals surface area contributed by atoms with Crippen LogP contribution >= 0.6 is 24.4 Å². The lowest BCUT2D eigenvalue weighted by Gasteiger charge is -2.19. The van der Waals surface area contributed by atoms with Crippen molar-refractivity contribution in [3.05, 3.63) is 0 Å². The first-order chi connectivity index (χ1) is 6.07. The van der Waals surface area contributed by atoms with E-state index in [1.807, 2.05) is 0 Å². The highest BCUT2D eigenvalue weighted by molar-refractivity contribution is 8.00. The Morgan fingerprint density at radius 1 is 1.15 bits per heavy atom. The fraction of sp³-hybridized carbons (Fsp3) is 1.00. The van der Waals surface area contributed by atoms with E-state index in [0.29, 0.717) is 5.25 Å². The molecule has 0 aliphatic heterocycles. The molecule has 0 fully saturated rings. The third-order valence-electron chi connectivity index (χ3n) is 2.14. The quantitative estimate of drug-likeness (QED) is 0.626. The van der Waals surface area contributed by atoms with Crippen molar-refractivity contribution >= 4 is 24.4 Å². The van der Waals surface area contributed by atoms with Gasteiger partial charge < -0.3 is 0 Å². The van der Waals surface area contributed by atoms with Crippen LogP contribution in [0.1, 0.15) is 47.0 Å². The molecule has 2 atom stereocenters. The lowest BCUT2D eigenvalue weighted by atomic mass is 10.2. The molecule has 0 aromatic rings. The summed E-state index contributed by atoms with van der Waals surface area (Å²) in [6.45, 7) is 9.05. The maximum atomic E-state index is 4.53. The maximum Gasteiger partial charge on any atom is 0.0161 e. The molecule has 0 rings (SSSR count). The van der Waals surface area contributed by atoms with Crippen molar-refractivity contribution in [1.82, 2.24) is 0 Å². The number of thioether (sulfide) groups is 1. The van der Waals surface area contributed by atoms with Gasteiger partial charge in [0.1, 0.15) is 0 Å². The zero-order chi connectivity index (χ0) is 10.3. The minimum absolute atomic E-state index is 0.539. The average Bonchev–Trinajstić information content (AvgIpc) is 2.02. The highest BCUT2D eigenvalue weighted by atomic mass is 32.2. The Labute approximate surface area is 93.7 Å². The smallest absolute Gasteiger partial charge is 0.0161 e. The Kier molecular flexibility index (Phi) is 8.48. The van der Waals surface area contributed by atoms with Crippen molar-refractivity contribution in [2.75, 3.05) is 5.75 Å². The summed E-state index contributed by atoms with van der Waals surface area (Å²) < 4.78 is 0. The minimum atomic E-state index is 0.539. The van der Waals surface area contributed by atoms with Gasteiger partial charge in [0, 0.05) is 10.5 Å². The van der Waals surface area contributed by atoms with Crippen molar-refractivity contribution in [2.24, 2.45) is 5.92 Å². The number of rotatable bonds is 7. The SMILES string of the molecule is CCCC(SCCC(C)C)C(C)S. The van der Waals surface area contributed by atoms with Gasteiger partial charge in [-0.3, -0.25) is 0 Å². The molecule has 0 radical (unpaired) electrons. The Morgan fingerprint density at radius 2 is 1.77 bits per heavy atom. The first-order valence-corrected chi connectivity index (χ1v) is 6.94. The summed E-state index contributed by atoms with van der Waals surface area (Å²) in [4.78, 5) is 0. The van der Waals surface area contributed by atoms with Gasteiger partial charge in [0.2, 0.25) is 0 Å². The van der Waals surface area contributed by atoms with Crippen molar-refractivity contribution in [1.29, 1.82) is 0 Å². The second kappa shape index (κ2) is 8.05. The number of hydrogen-bond acceptors (Lipinski definition) is 2. The highest BCUT2D eigenvalue weighted by Crippen LogP contribution is 2.24. The molecule has 0 spiro atoms. The molecule has 2 heteroatoms. The van der Waals surface area contributed by atoms with Gasteiger partial charge in [0.15, 0.2) is 0 Å². The van der Waals surface area contributed by atoms with E-state index < -0.39 is 0 Å². The predicted molar refractivity (Wildman–Crippen MR) is 69.1 cm³/mol. The van der Waals surface area contributed by atoms with Crippen LogP contribution in [0.4, 0.5) is 0 Å². The zero-order valence-electron chi connectivity index (χ0n) is 9.42. The third kappa shape index (κ3) is 7.75. The molecular formula is C11H24S2. The molecule has 0 aliphatic rings.